The first-order valence-electron chi connectivity index (χ1n) is 4.94. The zero-order chi connectivity index (χ0) is 13.1. The molecule has 1 aromatic rings. The Hall–Kier alpha value is -1.45. The summed E-state index contributed by atoms with van der Waals surface area (Å²) in [5.41, 5.74) is 3.82. The number of hydrogen-bond donors (Lipinski definition) is 4. The molecule has 1 heterocycles. The molecule has 1 unspecified atom stereocenters. The van der Waals surface area contributed by atoms with Gasteiger partial charge < -0.3 is 10.7 Å². The Morgan fingerprint density at radius 1 is 1.47 bits per heavy atom. The van der Waals surface area contributed by atoms with Crippen molar-refractivity contribution in [1.29, 1.82) is 0 Å². The van der Waals surface area contributed by atoms with E-state index in [1.165, 1.54) is 0 Å². The van der Waals surface area contributed by atoms with Crippen LogP contribution in [-0.4, -0.2) is 31.0 Å². The van der Waals surface area contributed by atoms with E-state index in [0.29, 0.717) is 6.42 Å². The number of hydrogen-bond acceptors (Lipinski definition) is 5. The molecule has 0 aliphatic carbocycles. The SMILES string of the molecule is CCC(N)CNS(=O)(=O)c1c[nH]c(=O)[nH]c1=O. The van der Waals surface area contributed by atoms with E-state index in [1.54, 1.807) is 0 Å². The molecule has 0 saturated heterocycles. The lowest BCUT2D eigenvalue weighted by Crippen LogP contribution is -2.39. The summed E-state index contributed by atoms with van der Waals surface area (Å²) < 4.78 is 25.5. The Labute approximate surface area is 97.3 Å². The van der Waals surface area contributed by atoms with Crippen LogP contribution in [0.3, 0.4) is 0 Å². The van der Waals surface area contributed by atoms with Crippen molar-refractivity contribution in [3.05, 3.63) is 27.0 Å². The molecule has 0 aliphatic rings. The van der Waals surface area contributed by atoms with E-state index in [9.17, 15) is 18.0 Å². The van der Waals surface area contributed by atoms with E-state index < -0.39 is 26.2 Å². The van der Waals surface area contributed by atoms with Gasteiger partial charge in [-0.05, 0) is 6.42 Å². The first-order chi connectivity index (χ1) is 7.86. The maximum absolute atomic E-state index is 11.7. The van der Waals surface area contributed by atoms with Crippen molar-refractivity contribution in [3.8, 4) is 0 Å². The molecule has 0 radical (unpaired) electrons. The van der Waals surface area contributed by atoms with Gasteiger partial charge in [0.15, 0.2) is 4.90 Å². The summed E-state index contributed by atoms with van der Waals surface area (Å²) in [5, 5.41) is 0. The summed E-state index contributed by atoms with van der Waals surface area (Å²) in [5.74, 6) is 0. The quantitative estimate of drug-likeness (QED) is 0.490. The van der Waals surface area contributed by atoms with Crippen molar-refractivity contribution < 1.29 is 8.42 Å². The molecule has 0 aromatic carbocycles. The molecule has 1 aromatic heterocycles. The molecular weight excluding hydrogens is 248 g/mol. The number of nitrogens with two attached hydrogens (primary N) is 1. The van der Waals surface area contributed by atoms with E-state index in [0.717, 1.165) is 6.20 Å². The highest BCUT2D eigenvalue weighted by Gasteiger charge is 2.18. The molecule has 8 nitrogen and oxygen atoms in total. The number of aromatic amines is 2. The van der Waals surface area contributed by atoms with Gasteiger partial charge in [-0.3, -0.25) is 9.78 Å². The Bertz CT molecular complexity index is 588. The standard InChI is InChI=1S/C8H14N4O4S/c1-2-5(9)3-11-17(15,16)6-4-10-8(14)12-7(6)13/h4-5,11H,2-3,9H2,1H3,(H2,10,12,13,14). The zero-order valence-corrected chi connectivity index (χ0v) is 10.0. The predicted octanol–water partition coefficient (Wildman–Crippen LogP) is -1.92. The normalized spacial score (nSPS) is 13.5. The zero-order valence-electron chi connectivity index (χ0n) is 9.19. The van der Waals surface area contributed by atoms with Gasteiger partial charge in [0.1, 0.15) is 0 Å². The molecule has 0 bridgehead atoms. The number of rotatable bonds is 5. The van der Waals surface area contributed by atoms with Crippen molar-refractivity contribution >= 4 is 10.0 Å². The number of H-pyrrole nitrogens is 2. The molecule has 0 fully saturated rings. The Morgan fingerprint density at radius 2 is 2.12 bits per heavy atom. The third kappa shape index (κ3) is 3.51. The summed E-state index contributed by atoms with van der Waals surface area (Å²) >= 11 is 0. The number of sulfonamides is 1. The van der Waals surface area contributed by atoms with Gasteiger partial charge >= 0.3 is 5.69 Å². The van der Waals surface area contributed by atoms with Crippen LogP contribution in [-0.2, 0) is 10.0 Å². The summed E-state index contributed by atoms with van der Waals surface area (Å²) in [7, 11) is -3.96. The first-order valence-corrected chi connectivity index (χ1v) is 6.42. The van der Waals surface area contributed by atoms with Gasteiger partial charge in [-0.1, -0.05) is 6.92 Å². The Kier molecular flexibility index (Phi) is 4.21. The van der Waals surface area contributed by atoms with Crippen molar-refractivity contribution in [2.24, 2.45) is 5.73 Å². The van der Waals surface area contributed by atoms with Gasteiger partial charge in [0, 0.05) is 18.8 Å². The molecule has 1 atom stereocenters. The molecule has 17 heavy (non-hydrogen) atoms. The van der Waals surface area contributed by atoms with Crippen LogP contribution in [0.1, 0.15) is 13.3 Å². The van der Waals surface area contributed by atoms with Crippen molar-refractivity contribution in [3.63, 3.8) is 0 Å². The van der Waals surface area contributed by atoms with Crippen molar-refractivity contribution in [2.75, 3.05) is 6.54 Å². The van der Waals surface area contributed by atoms with Gasteiger partial charge in [0.05, 0.1) is 0 Å². The van der Waals surface area contributed by atoms with Gasteiger partial charge in [0.2, 0.25) is 10.0 Å². The highest BCUT2D eigenvalue weighted by molar-refractivity contribution is 7.89. The summed E-state index contributed by atoms with van der Waals surface area (Å²) in [6.45, 7) is 1.84. The van der Waals surface area contributed by atoms with E-state index in [4.69, 9.17) is 5.73 Å². The monoisotopic (exact) mass is 262 g/mol. The Morgan fingerprint density at radius 3 is 2.65 bits per heavy atom. The largest absolute Gasteiger partial charge is 0.327 e. The van der Waals surface area contributed by atoms with Crippen LogP contribution < -0.4 is 21.7 Å². The van der Waals surface area contributed by atoms with Gasteiger partial charge in [-0.25, -0.2) is 17.9 Å². The van der Waals surface area contributed by atoms with E-state index >= 15 is 0 Å². The van der Waals surface area contributed by atoms with Crippen LogP contribution in [0.25, 0.3) is 0 Å². The fourth-order valence-corrected chi connectivity index (χ4v) is 2.13. The Balaban J connectivity index is 2.98. The average molecular weight is 262 g/mol. The second-order valence-electron chi connectivity index (χ2n) is 3.46. The van der Waals surface area contributed by atoms with Crippen molar-refractivity contribution in [2.45, 2.75) is 24.3 Å². The molecule has 0 amide bonds. The van der Waals surface area contributed by atoms with E-state index in [2.05, 4.69) is 9.71 Å². The van der Waals surface area contributed by atoms with Crippen LogP contribution in [0, 0.1) is 0 Å². The second-order valence-corrected chi connectivity index (χ2v) is 5.19. The third-order valence-corrected chi connectivity index (χ3v) is 3.56. The predicted molar refractivity (Wildman–Crippen MR) is 61.1 cm³/mol. The highest BCUT2D eigenvalue weighted by atomic mass is 32.2. The van der Waals surface area contributed by atoms with Crippen LogP contribution in [0.4, 0.5) is 0 Å². The van der Waals surface area contributed by atoms with Crippen LogP contribution in [0.2, 0.25) is 0 Å². The number of nitrogens with one attached hydrogen (secondary N) is 3. The molecule has 1 rings (SSSR count). The van der Waals surface area contributed by atoms with Crippen molar-refractivity contribution in [1.82, 2.24) is 14.7 Å². The second kappa shape index (κ2) is 5.25. The molecule has 96 valence electrons. The smallest absolute Gasteiger partial charge is 0.325 e. The van der Waals surface area contributed by atoms with E-state index in [1.807, 2.05) is 11.9 Å². The van der Waals surface area contributed by atoms with E-state index in [-0.39, 0.29) is 12.6 Å². The topological polar surface area (TPSA) is 138 Å². The number of aromatic nitrogens is 2. The molecular formula is C8H14N4O4S. The lowest BCUT2D eigenvalue weighted by molar-refractivity contribution is 0.562. The summed E-state index contributed by atoms with van der Waals surface area (Å²) in [4.78, 5) is 25.4. The minimum atomic E-state index is -3.96. The minimum Gasteiger partial charge on any atom is -0.327 e. The molecule has 5 N–H and O–H groups in total. The molecule has 9 heteroatoms. The first kappa shape index (κ1) is 13.6. The maximum atomic E-state index is 11.7. The molecule has 0 saturated carbocycles. The highest BCUT2D eigenvalue weighted by Crippen LogP contribution is 1.98. The lowest BCUT2D eigenvalue weighted by Gasteiger charge is -2.10. The fourth-order valence-electron chi connectivity index (χ4n) is 1.04. The average Bonchev–Trinajstić information content (AvgIpc) is 2.25. The van der Waals surface area contributed by atoms with Crippen LogP contribution in [0.5, 0.6) is 0 Å². The minimum absolute atomic E-state index is 0.0252. The summed E-state index contributed by atoms with van der Waals surface area (Å²) in [6, 6.07) is -0.327. The van der Waals surface area contributed by atoms with Gasteiger partial charge in [-0.2, -0.15) is 0 Å². The summed E-state index contributed by atoms with van der Waals surface area (Å²) in [6.07, 6.45) is 1.45. The van der Waals surface area contributed by atoms with Gasteiger partial charge in [-0.15, -0.1) is 0 Å². The fraction of sp³-hybridized carbons (Fsp3) is 0.500. The van der Waals surface area contributed by atoms with Gasteiger partial charge in [0.25, 0.3) is 5.56 Å². The van der Waals surface area contributed by atoms with Crippen LogP contribution >= 0.6 is 0 Å². The molecule has 0 aliphatic heterocycles. The third-order valence-electron chi connectivity index (χ3n) is 2.13. The lowest BCUT2D eigenvalue weighted by atomic mass is 10.2. The maximum Gasteiger partial charge on any atom is 0.325 e. The van der Waals surface area contributed by atoms with Crippen LogP contribution in [0.15, 0.2) is 20.7 Å². The molecule has 0 spiro atoms.